The first kappa shape index (κ1) is 27.4. The molecule has 0 fully saturated rings. The molecule has 3 aromatic rings. The van der Waals surface area contributed by atoms with Crippen molar-refractivity contribution < 1.29 is 9.59 Å². The van der Waals surface area contributed by atoms with E-state index < -0.39 is 5.92 Å². The van der Waals surface area contributed by atoms with E-state index in [4.69, 9.17) is 5.73 Å². The summed E-state index contributed by atoms with van der Waals surface area (Å²) in [5.41, 5.74) is 12.0. The maximum absolute atomic E-state index is 13.2. The normalized spacial score (nSPS) is 17.3. The van der Waals surface area contributed by atoms with Gasteiger partial charge >= 0.3 is 0 Å². The van der Waals surface area contributed by atoms with Crippen LogP contribution in [0, 0.1) is 31.1 Å². The third-order valence-electron chi connectivity index (χ3n) is 6.90. The molecule has 2 aliphatic rings. The molecule has 40 heavy (non-hydrogen) atoms. The second-order valence-corrected chi connectivity index (χ2v) is 11.8. The van der Waals surface area contributed by atoms with Crippen LogP contribution < -0.4 is 16.0 Å². The van der Waals surface area contributed by atoms with E-state index >= 15 is 0 Å². The number of nitriles is 1. The molecule has 0 radical (unpaired) electrons. The molecule has 1 aliphatic heterocycles. The van der Waals surface area contributed by atoms with Crippen molar-refractivity contribution in [3.05, 3.63) is 94.0 Å². The lowest BCUT2D eigenvalue weighted by atomic mass is 9.79. The van der Waals surface area contributed by atoms with Crippen LogP contribution >= 0.6 is 23.1 Å². The van der Waals surface area contributed by atoms with Gasteiger partial charge in [-0.2, -0.15) is 5.26 Å². The van der Waals surface area contributed by atoms with Crippen LogP contribution in [0.4, 0.5) is 10.8 Å². The zero-order valence-corrected chi connectivity index (χ0v) is 23.8. The van der Waals surface area contributed by atoms with Crippen molar-refractivity contribution in [1.29, 1.82) is 5.26 Å². The number of para-hydroxylation sites is 1. The topological polar surface area (TPSA) is 125 Å². The molecular weight excluding hydrogens is 541 g/mol. The van der Waals surface area contributed by atoms with E-state index in [0.29, 0.717) is 39.9 Å². The zero-order valence-electron chi connectivity index (χ0n) is 22.2. The number of nitrogens with zero attached hydrogens (tertiary/aromatic N) is 4. The Bertz CT molecular complexity index is 1580. The second-order valence-electron chi connectivity index (χ2n) is 9.58. The molecule has 0 bridgehead atoms. The zero-order chi connectivity index (χ0) is 28.2. The van der Waals surface area contributed by atoms with Crippen molar-refractivity contribution >= 4 is 51.7 Å². The molecule has 2 heterocycles. The fraction of sp³-hybridized carbons (Fsp3) is 0.233. The molecule has 5 rings (SSSR count). The largest absolute Gasteiger partial charge is 0.384 e. The lowest BCUT2D eigenvalue weighted by Crippen LogP contribution is -2.39. The average molecular weight is 569 g/mol. The van der Waals surface area contributed by atoms with E-state index in [0.717, 1.165) is 28.1 Å². The lowest BCUT2D eigenvalue weighted by molar-refractivity contribution is -0.116. The van der Waals surface area contributed by atoms with E-state index in [-0.39, 0.29) is 23.3 Å². The summed E-state index contributed by atoms with van der Waals surface area (Å²) in [5.74, 6) is -0.245. The van der Waals surface area contributed by atoms with Crippen molar-refractivity contribution in [3.63, 3.8) is 0 Å². The van der Waals surface area contributed by atoms with Gasteiger partial charge in [0.05, 0.1) is 17.4 Å². The van der Waals surface area contributed by atoms with Crippen LogP contribution in [0.15, 0.2) is 81.6 Å². The Hall–Kier alpha value is -4.20. The third kappa shape index (κ3) is 5.57. The van der Waals surface area contributed by atoms with E-state index in [1.165, 1.54) is 23.1 Å². The van der Waals surface area contributed by atoms with Crippen LogP contribution in [0.1, 0.15) is 36.0 Å². The highest BCUT2D eigenvalue weighted by Crippen LogP contribution is 2.44. The van der Waals surface area contributed by atoms with Crippen LogP contribution in [0.5, 0.6) is 0 Å². The molecule has 1 aromatic heterocycles. The second kappa shape index (κ2) is 11.9. The van der Waals surface area contributed by atoms with E-state index in [9.17, 15) is 14.9 Å². The fourth-order valence-corrected chi connectivity index (χ4v) is 6.66. The first-order valence-corrected chi connectivity index (χ1v) is 14.7. The monoisotopic (exact) mass is 568 g/mol. The number of carbonyl (C=O) groups is 2. The van der Waals surface area contributed by atoms with Gasteiger partial charge in [-0.3, -0.25) is 14.5 Å². The maximum Gasteiger partial charge on any atom is 0.234 e. The van der Waals surface area contributed by atoms with Gasteiger partial charge in [-0.15, -0.1) is 10.2 Å². The molecule has 3 N–H and O–H groups in total. The number of aromatic nitrogens is 2. The Labute approximate surface area is 241 Å². The van der Waals surface area contributed by atoms with Gasteiger partial charge in [-0.25, -0.2) is 0 Å². The number of nitrogens with two attached hydrogens (primary N) is 1. The summed E-state index contributed by atoms with van der Waals surface area (Å²) in [6.07, 6.45) is 5.55. The summed E-state index contributed by atoms with van der Waals surface area (Å²) < 4.78 is 0.591. The molecule has 1 amide bonds. The Morgan fingerprint density at radius 1 is 1.18 bits per heavy atom. The summed E-state index contributed by atoms with van der Waals surface area (Å²) in [6, 6.07) is 17.9. The van der Waals surface area contributed by atoms with Gasteiger partial charge in [0.15, 0.2) is 10.1 Å². The first-order chi connectivity index (χ1) is 19.4. The fourth-order valence-electron chi connectivity index (χ4n) is 4.98. The minimum atomic E-state index is -0.528. The van der Waals surface area contributed by atoms with E-state index in [1.54, 1.807) is 4.90 Å². The Morgan fingerprint density at radius 3 is 2.65 bits per heavy atom. The van der Waals surface area contributed by atoms with Crippen LogP contribution in [-0.2, 0) is 9.59 Å². The number of hydrogen-bond donors (Lipinski definition) is 2. The Kier molecular flexibility index (Phi) is 8.14. The number of carbonyl (C=O) groups excluding carboxylic acids is 2. The number of ketones is 1. The number of aryl methyl sites for hydroxylation is 2. The van der Waals surface area contributed by atoms with Crippen molar-refractivity contribution in [2.24, 2.45) is 11.7 Å². The molecule has 1 atom stereocenters. The minimum Gasteiger partial charge on any atom is -0.384 e. The molecule has 1 aliphatic carbocycles. The number of nitrogens with one attached hydrogen (secondary N) is 1. The number of thioether (sulfide) groups is 1. The van der Waals surface area contributed by atoms with Crippen molar-refractivity contribution in [2.75, 3.05) is 16.0 Å². The first-order valence-electron chi connectivity index (χ1n) is 12.9. The Balaban J connectivity index is 1.39. The quantitative estimate of drug-likeness (QED) is 0.346. The van der Waals surface area contributed by atoms with Crippen LogP contribution in [0.25, 0.3) is 6.08 Å². The average Bonchev–Trinajstić information content (AvgIpc) is 3.41. The third-order valence-corrected chi connectivity index (χ3v) is 8.94. The lowest BCUT2D eigenvalue weighted by Gasteiger charge is -2.37. The van der Waals surface area contributed by atoms with Gasteiger partial charge < -0.3 is 11.1 Å². The highest BCUT2D eigenvalue weighted by atomic mass is 32.2. The smallest absolute Gasteiger partial charge is 0.234 e. The van der Waals surface area contributed by atoms with Gasteiger partial charge in [0.2, 0.25) is 11.0 Å². The maximum atomic E-state index is 13.2. The standard InChI is InChI=1S/C30H28N6O2S2/c1-18-8-6-9-19(2)27(18)33-25(38)17-39-30-35-34-29(40-30)36-23-12-7-13-24(37)26(23)21(22(16-31)28(36)32)15-14-20-10-4-3-5-11-20/h3-6,8-11,14-15,21H,7,12-13,17,32H2,1-2H3,(H,33,38)/b15-14+. The number of allylic oxidation sites excluding steroid dienone is 4. The summed E-state index contributed by atoms with van der Waals surface area (Å²) in [4.78, 5) is 27.6. The van der Waals surface area contributed by atoms with Crippen molar-refractivity contribution in [3.8, 4) is 6.07 Å². The van der Waals surface area contributed by atoms with Crippen molar-refractivity contribution in [1.82, 2.24) is 10.2 Å². The molecule has 1 unspecified atom stereocenters. The molecule has 10 heteroatoms. The van der Waals surface area contributed by atoms with Gasteiger partial charge in [0.1, 0.15) is 5.82 Å². The molecule has 8 nitrogen and oxygen atoms in total. The number of rotatable bonds is 7. The molecule has 0 saturated carbocycles. The molecule has 0 spiro atoms. The van der Waals surface area contributed by atoms with Crippen molar-refractivity contribution in [2.45, 2.75) is 37.4 Å². The van der Waals surface area contributed by atoms with Gasteiger partial charge in [-0.1, -0.05) is 83.8 Å². The van der Waals surface area contributed by atoms with Gasteiger partial charge in [0, 0.05) is 29.3 Å². The molecule has 0 saturated heterocycles. The molecule has 202 valence electrons. The summed E-state index contributed by atoms with van der Waals surface area (Å²) in [7, 11) is 0. The van der Waals surface area contributed by atoms with Crippen LogP contribution in [0.2, 0.25) is 0 Å². The number of anilines is 2. The molecular formula is C30H28N6O2S2. The predicted molar refractivity (Wildman–Crippen MR) is 159 cm³/mol. The van der Waals surface area contributed by atoms with E-state index in [2.05, 4.69) is 21.6 Å². The van der Waals surface area contributed by atoms with Crippen LogP contribution in [-0.4, -0.2) is 27.6 Å². The van der Waals surface area contributed by atoms with Gasteiger partial charge in [0.25, 0.3) is 0 Å². The Morgan fingerprint density at radius 2 is 1.93 bits per heavy atom. The SMILES string of the molecule is Cc1cccc(C)c1NC(=O)CSc1nnc(N2C(N)=C(C#N)C(/C=C/c3ccccc3)C3=C2CCCC3=O)s1. The predicted octanol–water partition coefficient (Wildman–Crippen LogP) is 5.74. The number of hydrogen-bond acceptors (Lipinski definition) is 9. The van der Waals surface area contributed by atoms with Gasteiger partial charge in [-0.05, 0) is 43.4 Å². The number of Topliss-reactive ketones (excluding diaryl/α,β-unsaturated/α-hetero) is 1. The van der Waals surface area contributed by atoms with E-state index in [1.807, 2.05) is 74.5 Å². The minimum absolute atomic E-state index is 0.0106. The highest BCUT2D eigenvalue weighted by Gasteiger charge is 2.39. The summed E-state index contributed by atoms with van der Waals surface area (Å²) in [5, 5.41) is 22.2. The van der Waals surface area contributed by atoms with Crippen LogP contribution in [0.3, 0.4) is 0 Å². The number of amides is 1. The highest BCUT2D eigenvalue weighted by molar-refractivity contribution is 8.01. The summed E-state index contributed by atoms with van der Waals surface area (Å²) in [6.45, 7) is 3.92. The number of benzene rings is 2. The molecule has 2 aromatic carbocycles. The summed E-state index contributed by atoms with van der Waals surface area (Å²) >= 11 is 2.56.